The second kappa shape index (κ2) is 12.6. The monoisotopic (exact) mass is 448 g/mol. The van der Waals surface area contributed by atoms with Gasteiger partial charge in [-0.3, -0.25) is 0 Å². The second-order valence-electron chi connectivity index (χ2n) is 8.17. The minimum atomic E-state index is -0.326. The highest BCUT2D eigenvalue weighted by Gasteiger charge is 2.42. The normalized spacial score (nSPS) is 21.2. The van der Waals surface area contributed by atoms with E-state index < -0.39 is 0 Å². The maximum Gasteiger partial charge on any atom is 0.160 e. The lowest BCUT2D eigenvalue weighted by molar-refractivity contribution is -0.174. The van der Waals surface area contributed by atoms with E-state index in [4.69, 9.17) is 23.7 Å². The molecular formula is C28H32O5. The first-order chi connectivity index (χ1) is 16.3. The van der Waals surface area contributed by atoms with Crippen LogP contribution in [0.4, 0.5) is 0 Å². The molecule has 5 nitrogen and oxygen atoms in total. The van der Waals surface area contributed by atoms with Gasteiger partial charge in [0.15, 0.2) is 6.29 Å². The quantitative estimate of drug-likeness (QED) is 0.384. The molecule has 1 saturated heterocycles. The van der Waals surface area contributed by atoms with Crippen molar-refractivity contribution in [1.29, 1.82) is 0 Å². The molecule has 0 radical (unpaired) electrons. The van der Waals surface area contributed by atoms with Crippen molar-refractivity contribution in [3.8, 4) is 0 Å². The van der Waals surface area contributed by atoms with Crippen LogP contribution in [0.2, 0.25) is 0 Å². The fraction of sp³-hybridized carbons (Fsp3) is 0.357. The maximum atomic E-state index is 6.34. The van der Waals surface area contributed by atoms with Gasteiger partial charge in [-0.25, -0.2) is 0 Å². The van der Waals surface area contributed by atoms with Crippen LogP contribution in [-0.2, 0) is 43.5 Å². The number of hydrogen-bond donors (Lipinski definition) is 0. The summed E-state index contributed by atoms with van der Waals surface area (Å²) in [6.07, 6.45) is -0.422. The molecule has 0 saturated carbocycles. The van der Waals surface area contributed by atoms with E-state index in [1.807, 2.05) is 54.6 Å². The molecule has 1 aliphatic rings. The Morgan fingerprint density at radius 2 is 1.30 bits per heavy atom. The predicted octanol–water partition coefficient (Wildman–Crippen LogP) is 5.14. The molecule has 174 valence electrons. The van der Waals surface area contributed by atoms with E-state index in [1.54, 1.807) is 7.11 Å². The molecular weight excluding hydrogens is 416 g/mol. The number of methoxy groups -OCH3 is 1. The fourth-order valence-electron chi connectivity index (χ4n) is 3.94. The highest BCUT2D eigenvalue weighted by Crippen LogP contribution is 2.29. The van der Waals surface area contributed by atoms with Crippen molar-refractivity contribution in [3.63, 3.8) is 0 Å². The van der Waals surface area contributed by atoms with Gasteiger partial charge in [0.05, 0.1) is 32.5 Å². The highest BCUT2D eigenvalue weighted by molar-refractivity contribution is 5.15. The first-order valence-electron chi connectivity index (χ1n) is 11.4. The van der Waals surface area contributed by atoms with Crippen molar-refractivity contribution < 1.29 is 23.7 Å². The van der Waals surface area contributed by atoms with Gasteiger partial charge in [0.1, 0.15) is 12.2 Å². The molecule has 4 rings (SSSR count). The molecule has 0 unspecified atom stereocenters. The summed E-state index contributed by atoms with van der Waals surface area (Å²) in [5.74, 6) is 0. The van der Waals surface area contributed by atoms with E-state index in [-0.39, 0.29) is 24.6 Å². The van der Waals surface area contributed by atoms with Gasteiger partial charge in [0.2, 0.25) is 0 Å². The van der Waals surface area contributed by atoms with Crippen LogP contribution in [0.5, 0.6) is 0 Å². The Bertz CT molecular complexity index is 919. The summed E-state index contributed by atoms with van der Waals surface area (Å²) >= 11 is 0. The molecule has 3 aromatic carbocycles. The SMILES string of the molecule is CO[C@@H]1C[C@@H](OCc2ccccc2)[C@@H]([C@H](COCc2ccccc2)OCc2ccccc2)O1. The van der Waals surface area contributed by atoms with Crippen LogP contribution < -0.4 is 0 Å². The van der Waals surface area contributed by atoms with Gasteiger partial charge < -0.3 is 23.7 Å². The molecule has 0 spiro atoms. The Balaban J connectivity index is 1.42. The van der Waals surface area contributed by atoms with Crippen LogP contribution in [0, 0.1) is 0 Å². The fourth-order valence-corrected chi connectivity index (χ4v) is 3.94. The van der Waals surface area contributed by atoms with E-state index >= 15 is 0 Å². The van der Waals surface area contributed by atoms with Crippen molar-refractivity contribution in [2.75, 3.05) is 13.7 Å². The van der Waals surface area contributed by atoms with Gasteiger partial charge in [-0.1, -0.05) is 91.0 Å². The molecule has 0 bridgehead atoms. The lowest BCUT2D eigenvalue weighted by Crippen LogP contribution is -2.41. The Morgan fingerprint density at radius 3 is 1.88 bits per heavy atom. The van der Waals surface area contributed by atoms with Crippen LogP contribution >= 0.6 is 0 Å². The summed E-state index contributed by atoms with van der Waals surface area (Å²) in [6.45, 7) is 1.90. The first-order valence-corrected chi connectivity index (χ1v) is 11.4. The minimum Gasteiger partial charge on any atom is -0.374 e. The van der Waals surface area contributed by atoms with E-state index in [0.29, 0.717) is 32.8 Å². The molecule has 5 heteroatoms. The largest absolute Gasteiger partial charge is 0.374 e. The predicted molar refractivity (Wildman–Crippen MR) is 126 cm³/mol. The number of ether oxygens (including phenoxy) is 5. The minimum absolute atomic E-state index is 0.156. The smallest absolute Gasteiger partial charge is 0.160 e. The van der Waals surface area contributed by atoms with Crippen molar-refractivity contribution in [3.05, 3.63) is 108 Å². The zero-order valence-electron chi connectivity index (χ0n) is 19.0. The molecule has 1 heterocycles. The van der Waals surface area contributed by atoms with Crippen molar-refractivity contribution in [2.24, 2.45) is 0 Å². The number of hydrogen-bond acceptors (Lipinski definition) is 5. The molecule has 1 aliphatic heterocycles. The maximum absolute atomic E-state index is 6.34. The van der Waals surface area contributed by atoms with Crippen LogP contribution in [0.15, 0.2) is 91.0 Å². The summed E-state index contributed by atoms with van der Waals surface area (Å²) in [5, 5.41) is 0. The van der Waals surface area contributed by atoms with Gasteiger partial charge in [0, 0.05) is 13.5 Å². The van der Waals surface area contributed by atoms with E-state index in [2.05, 4.69) is 36.4 Å². The molecule has 0 aliphatic carbocycles. The van der Waals surface area contributed by atoms with Gasteiger partial charge in [0.25, 0.3) is 0 Å². The summed E-state index contributed by atoms with van der Waals surface area (Å²) < 4.78 is 30.4. The Morgan fingerprint density at radius 1 is 0.758 bits per heavy atom. The third-order valence-corrected chi connectivity index (χ3v) is 5.74. The Labute approximate surface area is 196 Å². The number of rotatable bonds is 12. The zero-order valence-corrected chi connectivity index (χ0v) is 19.0. The topological polar surface area (TPSA) is 46.2 Å². The average molecular weight is 449 g/mol. The zero-order chi connectivity index (χ0) is 22.7. The molecule has 1 fully saturated rings. The summed E-state index contributed by atoms with van der Waals surface area (Å²) in [4.78, 5) is 0. The van der Waals surface area contributed by atoms with Crippen LogP contribution in [-0.4, -0.2) is 38.3 Å². The molecule has 0 N–H and O–H groups in total. The van der Waals surface area contributed by atoms with Gasteiger partial charge in [-0.05, 0) is 16.7 Å². The van der Waals surface area contributed by atoms with Gasteiger partial charge in [-0.15, -0.1) is 0 Å². The van der Waals surface area contributed by atoms with E-state index in [9.17, 15) is 0 Å². The summed E-state index contributed by atoms with van der Waals surface area (Å²) in [6, 6.07) is 30.4. The Hall–Kier alpha value is -2.54. The van der Waals surface area contributed by atoms with E-state index in [0.717, 1.165) is 16.7 Å². The molecule has 3 aromatic rings. The third-order valence-electron chi connectivity index (χ3n) is 5.74. The highest BCUT2D eigenvalue weighted by atomic mass is 16.7. The number of benzene rings is 3. The third kappa shape index (κ3) is 7.22. The Kier molecular flexibility index (Phi) is 9.04. The standard InChI is InChI=1S/C28H32O5/c1-29-27-17-25(31-19-23-13-7-3-8-14-23)28(33-27)26(32-20-24-15-9-4-10-16-24)21-30-18-22-11-5-2-6-12-22/h2-16,25-28H,17-21H2,1H3/t25-,26+,27+,28+/m1/s1. The van der Waals surface area contributed by atoms with Gasteiger partial charge in [-0.2, -0.15) is 0 Å². The molecule has 4 atom stereocenters. The van der Waals surface area contributed by atoms with Crippen LogP contribution in [0.3, 0.4) is 0 Å². The van der Waals surface area contributed by atoms with Gasteiger partial charge >= 0.3 is 0 Å². The van der Waals surface area contributed by atoms with Crippen molar-refractivity contribution in [1.82, 2.24) is 0 Å². The van der Waals surface area contributed by atoms with Crippen LogP contribution in [0.1, 0.15) is 23.1 Å². The summed E-state index contributed by atoms with van der Waals surface area (Å²) in [7, 11) is 1.66. The molecule has 33 heavy (non-hydrogen) atoms. The average Bonchev–Trinajstić information content (AvgIpc) is 3.30. The lowest BCUT2D eigenvalue weighted by atomic mass is 10.1. The van der Waals surface area contributed by atoms with E-state index in [1.165, 1.54) is 0 Å². The van der Waals surface area contributed by atoms with Crippen molar-refractivity contribution in [2.45, 2.75) is 50.8 Å². The summed E-state index contributed by atoms with van der Waals surface area (Å²) in [5.41, 5.74) is 3.35. The lowest BCUT2D eigenvalue weighted by Gasteiger charge is -2.28. The molecule has 0 aromatic heterocycles. The second-order valence-corrected chi connectivity index (χ2v) is 8.17. The molecule has 0 amide bonds. The van der Waals surface area contributed by atoms with Crippen LogP contribution in [0.25, 0.3) is 0 Å². The first kappa shape index (κ1) is 23.6. The van der Waals surface area contributed by atoms with Crippen molar-refractivity contribution >= 4 is 0 Å².